The molecule has 0 saturated heterocycles. The summed E-state index contributed by atoms with van der Waals surface area (Å²) in [7, 11) is 4.68. The first-order valence-corrected chi connectivity index (χ1v) is 11.0. The van der Waals surface area contributed by atoms with Crippen LogP contribution in [0.15, 0.2) is 36.5 Å². The number of anilines is 1. The number of rotatable bonds is 9. The van der Waals surface area contributed by atoms with Crippen molar-refractivity contribution in [2.24, 2.45) is 17.3 Å². The van der Waals surface area contributed by atoms with E-state index in [-0.39, 0.29) is 23.0 Å². The molecule has 2 aromatic rings. The Kier molecular flexibility index (Phi) is 6.40. The Balaban J connectivity index is 1.48. The van der Waals surface area contributed by atoms with Crippen molar-refractivity contribution in [3.8, 4) is 11.5 Å². The molecule has 2 saturated carbocycles. The number of carbonyl (C=O) groups is 1. The molecule has 0 radical (unpaired) electrons. The third-order valence-corrected chi connectivity index (χ3v) is 6.94. The Hall–Kier alpha value is -3.36. The van der Waals surface area contributed by atoms with Crippen molar-refractivity contribution in [3.63, 3.8) is 0 Å². The summed E-state index contributed by atoms with van der Waals surface area (Å²) in [6, 6.07) is 8.87. The van der Waals surface area contributed by atoms with Gasteiger partial charge in [0.05, 0.1) is 32.2 Å². The highest BCUT2D eigenvalue weighted by atomic mass is 16.6. The number of esters is 1. The van der Waals surface area contributed by atoms with Crippen LogP contribution in [0, 0.1) is 27.4 Å². The lowest BCUT2D eigenvalue weighted by molar-refractivity contribution is -0.385. The average molecular weight is 456 g/mol. The first-order valence-electron chi connectivity index (χ1n) is 11.0. The van der Waals surface area contributed by atoms with Crippen LogP contribution in [0.25, 0.3) is 0 Å². The molecular weight excluding hydrogens is 426 g/mol. The molecule has 33 heavy (non-hydrogen) atoms. The van der Waals surface area contributed by atoms with Crippen molar-refractivity contribution in [1.82, 2.24) is 4.98 Å². The number of aromatic nitrogens is 1. The fourth-order valence-electron chi connectivity index (χ4n) is 5.36. The highest BCUT2D eigenvalue weighted by molar-refractivity contribution is 5.73. The number of pyridine rings is 1. The highest BCUT2D eigenvalue weighted by Gasteiger charge is 2.55. The zero-order valence-electron chi connectivity index (χ0n) is 19.2. The van der Waals surface area contributed by atoms with Crippen molar-refractivity contribution in [3.05, 3.63) is 52.2 Å². The van der Waals surface area contributed by atoms with Gasteiger partial charge in [-0.15, -0.1) is 0 Å². The second-order valence-electron chi connectivity index (χ2n) is 9.09. The molecule has 9 nitrogen and oxygen atoms in total. The van der Waals surface area contributed by atoms with E-state index in [1.54, 1.807) is 20.3 Å². The summed E-state index contributed by atoms with van der Waals surface area (Å²) in [5.74, 6) is 2.50. The number of carbonyl (C=O) groups excluding carboxylic acids is 1. The molecule has 1 heterocycles. The van der Waals surface area contributed by atoms with Crippen molar-refractivity contribution in [1.29, 1.82) is 0 Å². The molecule has 1 aromatic heterocycles. The fourth-order valence-corrected chi connectivity index (χ4v) is 5.36. The van der Waals surface area contributed by atoms with Crippen LogP contribution < -0.4 is 14.4 Å². The van der Waals surface area contributed by atoms with Gasteiger partial charge in [-0.1, -0.05) is 0 Å². The molecule has 2 fully saturated rings. The first-order chi connectivity index (χ1) is 15.9. The third kappa shape index (κ3) is 4.72. The van der Waals surface area contributed by atoms with E-state index < -0.39 is 4.92 Å². The van der Waals surface area contributed by atoms with Crippen LogP contribution in [0.2, 0.25) is 0 Å². The molecule has 0 amide bonds. The average Bonchev–Trinajstić information content (AvgIpc) is 2.78. The predicted octanol–water partition coefficient (Wildman–Crippen LogP) is 3.99. The summed E-state index contributed by atoms with van der Waals surface area (Å²) in [5, 5.41) is 11.0. The molecule has 0 bridgehead atoms. The zero-order chi connectivity index (χ0) is 23.6. The molecule has 0 atom stereocenters. The van der Waals surface area contributed by atoms with E-state index in [1.807, 2.05) is 18.2 Å². The van der Waals surface area contributed by atoms with Gasteiger partial charge in [-0.25, -0.2) is 4.98 Å². The molecule has 176 valence electrons. The van der Waals surface area contributed by atoms with Crippen molar-refractivity contribution >= 4 is 17.5 Å². The Morgan fingerprint density at radius 2 is 1.91 bits per heavy atom. The number of benzene rings is 1. The second kappa shape index (κ2) is 9.25. The molecule has 9 heteroatoms. The Morgan fingerprint density at radius 3 is 2.48 bits per heavy atom. The smallest absolute Gasteiger partial charge is 0.308 e. The van der Waals surface area contributed by atoms with E-state index in [4.69, 9.17) is 14.2 Å². The van der Waals surface area contributed by atoms with Crippen LogP contribution in [0.5, 0.6) is 11.5 Å². The monoisotopic (exact) mass is 455 g/mol. The quantitative estimate of drug-likeness (QED) is 0.318. The number of ether oxygens (including phenoxy) is 3. The number of nitro groups is 1. The van der Waals surface area contributed by atoms with Crippen LogP contribution >= 0.6 is 0 Å². The minimum atomic E-state index is -0.447. The molecule has 0 N–H and O–H groups in total. The summed E-state index contributed by atoms with van der Waals surface area (Å²) < 4.78 is 15.7. The number of nitrogens with zero attached hydrogens (tertiary/aromatic N) is 3. The van der Waals surface area contributed by atoms with Crippen molar-refractivity contribution in [2.75, 3.05) is 32.8 Å². The molecule has 1 aromatic carbocycles. The topological polar surface area (TPSA) is 104 Å². The normalized spacial score (nSPS) is 23.2. The maximum absolute atomic E-state index is 11.7. The van der Waals surface area contributed by atoms with Gasteiger partial charge in [0, 0.05) is 30.8 Å². The summed E-state index contributed by atoms with van der Waals surface area (Å²) in [6.07, 6.45) is 5.21. The van der Waals surface area contributed by atoms with Gasteiger partial charge in [0.15, 0.2) is 0 Å². The van der Waals surface area contributed by atoms with E-state index in [0.29, 0.717) is 29.8 Å². The maximum Gasteiger partial charge on any atom is 0.308 e. The summed E-state index contributed by atoms with van der Waals surface area (Å²) in [4.78, 5) is 28.9. The fraction of sp³-hybridized carbons (Fsp3) is 0.500. The minimum absolute atomic E-state index is 0.0342. The standard InChI is InChI=1S/C24H29N3O6/c1-31-20-6-4-17(21(8-20)32-2)15-26(22-7-5-19(13-25-22)27(29)30)14-16-9-24(10-16)11-18(12-24)23(28)33-3/h4-8,13,16,18H,9-12,14-15H2,1-3H3. The lowest BCUT2D eigenvalue weighted by Gasteiger charge is -2.57. The van der Waals surface area contributed by atoms with Crippen LogP contribution in [0.1, 0.15) is 31.2 Å². The summed E-state index contributed by atoms with van der Waals surface area (Å²) in [6.45, 7) is 1.32. The summed E-state index contributed by atoms with van der Waals surface area (Å²) >= 11 is 0. The van der Waals surface area contributed by atoms with Gasteiger partial charge in [-0.3, -0.25) is 14.9 Å². The van der Waals surface area contributed by atoms with Gasteiger partial charge in [0.25, 0.3) is 5.69 Å². The number of hydrogen-bond acceptors (Lipinski definition) is 8. The molecular formula is C24H29N3O6. The molecule has 2 aliphatic rings. The van der Waals surface area contributed by atoms with Crippen LogP contribution in [-0.2, 0) is 16.1 Å². The second-order valence-corrected chi connectivity index (χ2v) is 9.09. The summed E-state index contributed by atoms with van der Waals surface area (Å²) in [5.41, 5.74) is 1.20. The number of methoxy groups -OCH3 is 3. The van der Waals surface area contributed by atoms with Crippen molar-refractivity contribution in [2.45, 2.75) is 32.2 Å². The van der Waals surface area contributed by atoms with E-state index in [9.17, 15) is 14.9 Å². The van der Waals surface area contributed by atoms with Gasteiger partial charge >= 0.3 is 5.97 Å². The van der Waals surface area contributed by atoms with Gasteiger partial charge in [-0.2, -0.15) is 0 Å². The lowest BCUT2D eigenvalue weighted by Crippen LogP contribution is -2.52. The molecule has 0 unspecified atom stereocenters. The van der Waals surface area contributed by atoms with Gasteiger partial charge < -0.3 is 19.1 Å². The number of hydrogen-bond donors (Lipinski definition) is 0. The Bertz CT molecular complexity index is 1010. The van der Waals surface area contributed by atoms with Crippen molar-refractivity contribution < 1.29 is 23.9 Å². The van der Waals surface area contributed by atoms with E-state index >= 15 is 0 Å². The molecule has 2 aliphatic carbocycles. The first kappa shape index (κ1) is 22.8. The van der Waals surface area contributed by atoms with E-state index in [2.05, 4.69) is 9.88 Å². The van der Waals surface area contributed by atoms with Crippen LogP contribution in [-0.4, -0.2) is 43.8 Å². The third-order valence-electron chi connectivity index (χ3n) is 6.94. The van der Waals surface area contributed by atoms with Gasteiger partial charge in [-0.05, 0) is 55.2 Å². The minimum Gasteiger partial charge on any atom is -0.497 e. The van der Waals surface area contributed by atoms with Gasteiger partial charge in [0.1, 0.15) is 23.5 Å². The van der Waals surface area contributed by atoms with Crippen LogP contribution in [0.4, 0.5) is 11.5 Å². The van der Waals surface area contributed by atoms with E-state index in [0.717, 1.165) is 37.8 Å². The Labute approximate surface area is 192 Å². The predicted molar refractivity (Wildman–Crippen MR) is 121 cm³/mol. The zero-order valence-corrected chi connectivity index (χ0v) is 19.2. The van der Waals surface area contributed by atoms with Gasteiger partial charge in [0.2, 0.25) is 0 Å². The lowest BCUT2D eigenvalue weighted by atomic mass is 9.48. The van der Waals surface area contributed by atoms with Crippen LogP contribution in [0.3, 0.4) is 0 Å². The molecule has 4 rings (SSSR count). The molecule has 0 aliphatic heterocycles. The Morgan fingerprint density at radius 1 is 1.15 bits per heavy atom. The SMILES string of the molecule is COC(=O)C1CC2(CC(CN(Cc3ccc(OC)cc3OC)c3ccc([N+](=O)[O-])cn3)C2)C1. The maximum atomic E-state index is 11.7. The molecule has 1 spiro atoms. The largest absolute Gasteiger partial charge is 0.497 e. The highest BCUT2D eigenvalue weighted by Crippen LogP contribution is 2.61. The van der Waals surface area contributed by atoms with E-state index in [1.165, 1.54) is 19.4 Å².